The van der Waals surface area contributed by atoms with Gasteiger partial charge in [-0.05, 0) is 29.3 Å². The first kappa shape index (κ1) is 21.5. The molecule has 0 amide bonds. The molecule has 0 saturated carbocycles. The lowest BCUT2D eigenvalue weighted by Crippen LogP contribution is -2.33. The molecule has 0 bridgehead atoms. The van der Waals surface area contributed by atoms with Crippen molar-refractivity contribution in [1.29, 1.82) is 0 Å². The molecule has 32 heavy (non-hydrogen) atoms. The summed E-state index contributed by atoms with van der Waals surface area (Å²) in [7, 11) is 1.50. The van der Waals surface area contributed by atoms with Gasteiger partial charge >= 0.3 is 5.63 Å². The summed E-state index contributed by atoms with van der Waals surface area (Å²) in [5, 5.41) is 0.625. The lowest BCUT2D eigenvalue weighted by Gasteiger charge is -2.04. The SMILES string of the molecule is COc1cccc2cc(C(=O)/C=C/c3cc[n+](Cc4ccc(CCl)cc4)cc3)c(=O)oc12. The number of ether oxygens (including phenoxy) is 1. The summed E-state index contributed by atoms with van der Waals surface area (Å²) >= 11 is 5.83. The van der Waals surface area contributed by atoms with E-state index in [0.717, 1.165) is 17.7 Å². The van der Waals surface area contributed by atoms with Gasteiger partial charge in [-0.1, -0.05) is 42.5 Å². The summed E-state index contributed by atoms with van der Waals surface area (Å²) < 4.78 is 12.6. The van der Waals surface area contributed by atoms with Crippen molar-refractivity contribution in [3.05, 3.63) is 112 Å². The predicted octanol–water partition coefficient (Wildman–Crippen LogP) is 4.77. The van der Waals surface area contributed by atoms with E-state index in [1.807, 2.05) is 41.2 Å². The minimum Gasteiger partial charge on any atom is -0.493 e. The molecule has 0 atom stereocenters. The van der Waals surface area contributed by atoms with Crippen molar-refractivity contribution in [2.75, 3.05) is 7.11 Å². The Kier molecular flexibility index (Phi) is 6.47. The maximum absolute atomic E-state index is 12.6. The number of fused-ring (bicyclic) bond motifs is 1. The Morgan fingerprint density at radius 2 is 1.78 bits per heavy atom. The first-order valence-electron chi connectivity index (χ1n) is 10.0. The van der Waals surface area contributed by atoms with Crippen LogP contribution in [0.25, 0.3) is 17.0 Å². The Bertz CT molecular complexity index is 1340. The quantitative estimate of drug-likeness (QED) is 0.135. The molecule has 4 aromatic rings. The van der Waals surface area contributed by atoms with Crippen LogP contribution in [-0.2, 0) is 12.4 Å². The van der Waals surface area contributed by atoms with Crippen LogP contribution in [0.4, 0.5) is 0 Å². The number of carbonyl (C=O) groups is 1. The number of rotatable bonds is 7. The molecule has 6 heteroatoms. The summed E-state index contributed by atoms with van der Waals surface area (Å²) in [5.41, 5.74) is 2.72. The van der Waals surface area contributed by atoms with Gasteiger partial charge in [0.1, 0.15) is 5.56 Å². The molecular weight excluding hydrogens is 426 g/mol. The Morgan fingerprint density at radius 1 is 1.06 bits per heavy atom. The Labute approximate surface area is 190 Å². The molecule has 0 aliphatic carbocycles. The van der Waals surface area contributed by atoms with E-state index in [4.69, 9.17) is 20.8 Å². The third-order valence-corrected chi connectivity index (χ3v) is 5.40. The van der Waals surface area contributed by atoms with Gasteiger partial charge in [0.05, 0.1) is 7.11 Å². The Hall–Kier alpha value is -3.70. The molecule has 4 rings (SSSR count). The van der Waals surface area contributed by atoms with Gasteiger partial charge in [0, 0.05) is 29.0 Å². The zero-order chi connectivity index (χ0) is 22.5. The van der Waals surface area contributed by atoms with Crippen molar-refractivity contribution in [3.63, 3.8) is 0 Å². The zero-order valence-corrected chi connectivity index (χ0v) is 18.2. The largest absolute Gasteiger partial charge is 0.493 e. The lowest BCUT2D eigenvalue weighted by molar-refractivity contribution is -0.688. The molecule has 0 unspecified atom stereocenters. The van der Waals surface area contributed by atoms with Crippen LogP contribution >= 0.6 is 11.6 Å². The van der Waals surface area contributed by atoms with E-state index in [9.17, 15) is 9.59 Å². The predicted molar refractivity (Wildman–Crippen MR) is 124 cm³/mol. The van der Waals surface area contributed by atoms with Crippen LogP contribution in [0.1, 0.15) is 27.0 Å². The standard InChI is InChI=1S/C26H21ClNO4/c1-31-24-4-2-3-21-15-22(26(30)32-25(21)24)23(29)10-9-18-11-13-28(14-12-18)17-20-7-5-19(16-27)6-8-20/h2-15H,16-17H2,1H3/q+1/b10-9+. The number of benzene rings is 2. The highest BCUT2D eigenvalue weighted by Gasteiger charge is 2.13. The number of alkyl halides is 1. The fraction of sp³-hybridized carbons (Fsp3) is 0.115. The van der Waals surface area contributed by atoms with Gasteiger partial charge in [-0.2, -0.15) is 0 Å². The van der Waals surface area contributed by atoms with Gasteiger partial charge in [0.15, 0.2) is 36.1 Å². The van der Waals surface area contributed by atoms with Crippen LogP contribution in [0.3, 0.4) is 0 Å². The molecule has 2 aromatic carbocycles. The molecule has 0 aliphatic rings. The third kappa shape index (κ3) is 4.79. The van der Waals surface area contributed by atoms with Gasteiger partial charge in [0.2, 0.25) is 0 Å². The van der Waals surface area contributed by atoms with Crippen LogP contribution in [0.5, 0.6) is 5.75 Å². The van der Waals surface area contributed by atoms with Crippen molar-refractivity contribution >= 4 is 34.4 Å². The molecule has 0 saturated heterocycles. The highest BCUT2D eigenvalue weighted by molar-refractivity contribution is 6.17. The first-order chi connectivity index (χ1) is 15.6. The highest BCUT2D eigenvalue weighted by Crippen LogP contribution is 2.24. The van der Waals surface area contributed by atoms with Crippen molar-refractivity contribution in [3.8, 4) is 5.75 Å². The number of para-hydroxylation sites is 1. The number of allylic oxidation sites excluding steroid dienone is 1. The normalized spacial score (nSPS) is 11.2. The Morgan fingerprint density at radius 3 is 2.47 bits per heavy atom. The van der Waals surface area contributed by atoms with E-state index in [0.29, 0.717) is 22.6 Å². The number of pyridine rings is 1. The van der Waals surface area contributed by atoms with Gasteiger partial charge in [-0.3, -0.25) is 4.79 Å². The number of hydrogen-bond acceptors (Lipinski definition) is 4. The Balaban J connectivity index is 1.48. The second kappa shape index (κ2) is 9.62. The van der Waals surface area contributed by atoms with E-state index >= 15 is 0 Å². The molecule has 5 nitrogen and oxygen atoms in total. The smallest absolute Gasteiger partial charge is 0.347 e. The molecule has 0 fully saturated rings. The summed E-state index contributed by atoms with van der Waals surface area (Å²) in [6, 6.07) is 18.7. The number of methoxy groups -OCH3 is 1. The van der Waals surface area contributed by atoms with E-state index < -0.39 is 11.4 Å². The lowest BCUT2D eigenvalue weighted by atomic mass is 10.1. The van der Waals surface area contributed by atoms with E-state index in [-0.39, 0.29) is 5.56 Å². The van der Waals surface area contributed by atoms with Crippen molar-refractivity contribution in [2.24, 2.45) is 0 Å². The van der Waals surface area contributed by atoms with Gasteiger partial charge < -0.3 is 9.15 Å². The molecule has 0 spiro atoms. The average molecular weight is 447 g/mol. The maximum Gasteiger partial charge on any atom is 0.347 e. The molecule has 2 heterocycles. The number of nitrogens with zero attached hydrogens (tertiary/aromatic N) is 1. The minimum absolute atomic E-state index is 0.0200. The number of ketones is 1. The molecule has 2 aromatic heterocycles. The minimum atomic E-state index is -0.692. The van der Waals surface area contributed by atoms with E-state index in [1.165, 1.54) is 24.8 Å². The number of halogens is 1. The number of carbonyl (C=O) groups excluding carboxylic acids is 1. The number of aromatic nitrogens is 1. The molecule has 0 radical (unpaired) electrons. The molecule has 0 N–H and O–H groups in total. The summed E-state index contributed by atoms with van der Waals surface area (Å²) in [6.07, 6.45) is 6.94. The monoisotopic (exact) mass is 446 g/mol. The van der Waals surface area contributed by atoms with Crippen LogP contribution in [0.15, 0.2) is 88.3 Å². The summed E-state index contributed by atoms with van der Waals surface area (Å²) in [4.78, 5) is 24.9. The molecule has 0 aliphatic heterocycles. The maximum atomic E-state index is 12.6. The van der Waals surface area contributed by atoms with Crippen molar-refractivity contribution in [2.45, 2.75) is 12.4 Å². The molecular formula is C26H21ClNO4+. The van der Waals surface area contributed by atoms with Crippen molar-refractivity contribution in [1.82, 2.24) is 0 Å². The summed E-state index contributed by atoms with van der Waals surface area (Å²) in [6.45, 7) is 0.729. The zero-order valence-electron chi connectivity index (χ0n) is 17.5. The van der Waals surface area contributed by atoms with Crippen LogP contribution < -0.4 is 14.9 Å². The summed E-state index contributed by atoms with van der Waals surface area (Å²) in [5.74, 6) is 0.531. The third-order valence-electron chi connectivity index (χ3n) is 5.10. The second-order valence-corrected chi connectivity index (χ2v) is 7.54. The fourth-order valence-electron chi connectivity index (χ4n) is 3.34. The molecule has 160 valence electrons. The van der Waals surface area contributed by atoms with E-state index in [2.05, 4.69) is 12.1 Å². The topological polar surface area (TPSA) is 60.4 Å². The van der Waals surface area contributed by atoms with E-state index in [1.54, 1.807) is 24.3 Å². The average Bonchev–Trinajstić information content (AvgIpc) is 2.83. The highest BCUT2D eigenvalue weighted by atomic mass is 35.5. The van der Waals surface area contributed by atoms with Crippen LogP contribution in [0.2, 0.25) is 0 Å². The first-order valence-corrected chi connectivity index (χ1v) is 10.6. The number of hydrogen-bond donors (Lipinski definition) is 0. The van der Waals surface area contributed by atoms with Crippen LogP contribution in [0, 0.1) is 0 Å². The fourth-order valence-corrected chi connectivity index (χ4v) is 3.52. The van der Waals surface area contributed by atoms with Gasteiger partial charge in [-0.25, -0.2) is 9.36 Å². The van der Waals surface area contributed by atoms with Crippen molar-refractivity contribution < 1.29 is 18.5 Å². The van der Waals surface area contributed by atoms with Crippen LogP contribution in [-0.4, -0.2) is 12.9 Å². The van der Waals surface area contributed by atoms with Gasteiger partial charge in [0.25, 0.3) is 0 Å². The second-order valence-electron chi connectivity index (χ2n) is 7.28. The van der Waals surface area contributed by atoms with Gasteiger partial charge in [-0.15, -0.1) is 11.6 Å².